The summed E-state index contributed by atoms with van der Waals surface area (Å²) >= 11 is 10.2. The summed E-state index contributed by atoms with van der Waals surface area (Å²) in [6, 6.07) is 2.02. The van der Waals surface area contributed by atoms with Gasteiger partial charge in [0.2, 0.25) is 0 Å². The van der Waals surface area contributed by atoms with E-state index in [-0.39, 0.29) is 6.23 Å². The van der Waals surface area contributed by atoms with Crippen molar-refractivity contribution in [2.75, 3.05) is 6.61 Å². The lowest BCUT2D eigenvalue weighted by Crippen LogP contribution is -2.19. The van der Waals surface area contributed by atoms with E-state index in [9.17, 15) is 0 Å². The van der Waals surface area contributed by atoms with E-state index >= 15 is 0 Å². The van der Waals surface area contributed by atoms with E-state index in [0.29, 0.717) is 5.92 Å². The highest BCUT2D eigenvalue weighted by molar-refractivity contribution is 9.10. The number of nitrogens with zero attached hydrogens (tertiary/aromatic N) is 2. The monoisotopic (exact) mass is 356 g/mol. The molecule has 2 aromatic rings. The van der Waals surface area contributed by atoms with Gasteiger partial charge in [0, 0.05) is 21.5 Å². The van der Waals surface area contributed by atoms with Gasteiger partial charge in [-0.15, -0.1) is 0 Å². The van der Waals surface area contributed by atoms with E-state index in [4.69, 9.17) is 16.3 Å². The predicted molar refractivity (Wildman–Crippen MR) is 85.4 cm³/mol. The molecule has 0 aliphatic carbocycles. The molecular weight excluding hydrogens is 340 g/mol. The molecule has 1 aliphatic rings. The van der Waals surface area contributed by atoms with Gasteiger partial charge in [-0.2, -0.15) is 5.10 Å². The summed E-state index contributed by atoms with van der Waals surface area (Å²) in [4.78, 5) is 0. The largest absolute Gasteiger partial charge is 0.356 e. The van der Waals surface area contributed by atoms with Gasteiger partial charge in [-0.25, -0.2) is 4.68 Å². The number of halogens is 2. The van der Waals surface area contributed by atoms with Crippen LogP contribution in [0.1, 0.15) is 50.8 Å². The van der Waals surface area contributed by atoms with Gasteiger partial charge in [0.15, 0.2) is 6.23 Å². The first kappa shape index (κ1) is 14.4. The minimum absolute atomic E-state index is 0.0362. The maximum absolute atomic E-state index is 6.46. The van der Waals surface area contributed by atoms with Gasteiger partial charge >= 0.3 is 0 Å². The predicted octanol–water partition coefficient (Wildman–Crippen LogP) is 5.27. The first-order chi connectivity index (χ1) is 9.59. The first-order valence-corrected chi connectivity index (χ1v) is 8.23. The summed E-state index contributed by atoms with van der Waals surface area (Å²) in [5.41, 5.74) is 2.18. The maximum Gasteiger partial charge on any atom is 0.150 e. The van der Waals surface area contributed by atoms with Crippen molar-refractivity contribution in [2.24, 2.45) is 0 Å². The first-order valence-electron chi connectivity index (χ1n) is 7.06. The minimum atomic E-state index is 0.0362. The Morgan fingerprint density at radius 1 is 1.45 bits per heavy atom. The van der Waals surface area contributed by atoms with E-state index in [1.54, 1.807) is 0 Å². The Morgan fingerprint density at radius 3 is 2.90 bits per heavy atom. The fraction of sp³-hybridized carbons (Fsp3) is 0.533. The molecule has 0 radical (unpaired) electrons. The number of fused-ring (bicyclic) bond motifs is 1. The van der Waals surface area contributed by atoms with Gasteiger partial charge < -0.3 is 4.74 Å². The Hall–Kier alpha value is -0.580. The Morgan fingerprint density at radius 2 is 2.25 bits per heavy atom. The number of hydrogen-bond donors (Lipinski definition) is 0. The Bertz CT molecular complexity index is 632. The molecule has 20 heavy (non-hydrogen) atoms. The smallest absolute Gasteiger partial charge is 0.150 e. The summed E-state index contributed by atoms with van der Waals surface area (Å²) in [5.74, 6) is 0.371. The van der Waals surface area contributed by atoms with Crippen LogP contribution in [-0.4, -0.2) is 16.4 Å². The molecule has 0 N–H and O–H groups in total. The van der Waals surface area contributed by atoms with Crippen molar-refractivity contribution in [1.82, 2.24) is 9.78 Å². The zero-order valence-electron chi connectivity index (χ0n) is 11.7. The zero-order chi connectivity index (χ0) is 14.3. The topological polar surface area (TPSA) is 27.1 Å². The lowest BCUT2D eigenvalue weighted by molar-refractivity contribution is -0.0366. The summed E-state index contributed by atoms with van der Waals surface area (Å²) < 4.78 is 8.85. The average Bonchev–Trinajstić information content (AvgIpc) is 2.83. The van der Waals surface area contributed by atoms with Crippen molar-refractivity contribution in [3.8, 4) is 0 Å². The van der Waals surface area contributed by atoms with Crippen molar-refractivity contribution in [3.05, 3.63) is 27.3 Å². The van der Waals surface area contributed by atoms with E-state index in [0.717, 1.165) is 45.4 Å². The van der Waals surface area contributed by atoms with Crippen molar-refractivity contribution in [1.29, 1.82) is 0 Å². The van der Waals surface area contributed by atoms with Crippen LogP contribution < -0.4 is 0 Å². The van der Waals surface area contributed by atoms with Gasteiger partial charge in [0.05, 0.1) is 11.7 Å². The zero-order valence-corrected chi connectivity index (χ0v) is 14.0. The van der Waals surface area contributed by atoms with E-state index in [1.165, 1.54) is 6.42 Å². The van der Waals surface area contributed by atoms with Crippen LogP contribution in [0.15, 0.2) is 16.7 Å². The van der Waals surface area contributed by atoms with Gasteiger partial charge in [0.1, 0.15) is 0 Å². The lowest BCUT2D eigenvalue weighted by Gasteiger charge is -2.23. The molecule has 1 atom stereocenters. The molecule has 0 saturated carbocycles. The molecule has 1 unspecified atom stereocenters. The van der Waals surface area contributed by atoms with Crippen LogP contribution in [0.4, 0.5) is 0 Å². The number of hydrogen-bond acceptors (Lipinski definition) is 2. The molecule has 2 heterocycles. The van der Waals surface area contributed by atoms with Gasteiger partial charge in [-0.05, 0) is 52.7 Å². The highest BCUT2D eigenvalue weighted by atomic mass is 79.9. The second kappa shape index (κ2) is 5.66. The molecule has 1 fully saturated rings. The molecule has 1 aliphatic heterocycles. The molecule has 3 rings (SSSR count). The van der Waals surface area contributed by atoms with Crippen molar-refractivity contribution in [2.45, 2.75) is 45.3 Å². The van der Waals surface area contributed by atoms with Gasteiger partial charge in [-0.3, -0.25) is 0 Å². The van der Waals surface area contributed by atoms with Crippen LogP contribution in [0.3, 0.4) is 0 Å². The molecule has 1 saturated heterocycles. The molecule has 0 spiro atoms. The number of aromatic nitrogens is 2. The van der Waals surface area contributed by atoms with Crippen LogP contribution in [-0.2, 0) is 4.74 Å². The fourth-order valence-corrected chi connectivity index (χ4v) is 4.31. The number of benzene rings is 1. The van der Waals surface area contributed by atoms with Crippen LogP contribution in [0.2, 0.25) is 5.02 Å². The SMILES string of the molecule is CC(C)c1c(Cl)cc2c(cnn2C2CCCCO2)c1Br. The molecule has 5 heteroatoms. The summed E-state index contributed by atoms with van der Waals surface area (Å²) in [6.07, 6.45) is 5.27. The molecular formula is C15H18BrClN2O. The van der Waals surface area contributed by atoms with Crippen molar-refractivity contribution < 1.29 is 4.74 Å². The highest BCUT2D eigenvalue weighted by Crippen LogP contribution is 2.39. The molecule has 0 amide bonds. The molecule has 1 aromatic heterocycles. The molecule has 108 valence electrons. The quantitative estimate of drug-likeness (QED) is 0.731. The molecule has 1 aromatic carbocycles. The summed E-state index contributed by atoms with van der Waals surface area (Å²) in [5, 5.41) is 6.42. The third kappa shape index (κ3) is 2.38. The fourth-order valence-electron chi connectivity index (χ4n) is 2.81. The van der Waals surface area contributed by atoms with Gasteiger partial charge in [0.25, 0.3) is 0 Å². The molecule has 0 bridgehead atoms. The van der Waals surface area contributed by atoms with Gasteiger partial charge in [-0.1, -0.05) is 25.4 Å². The van der Waals surface area contributed by atoms with Crippen LogP contribution in [0, 0.1) is 0 Å². The maximum atomic E-state index is 6.46. The Balaban J connectivity index is 2.13. The molecule has 3 nitrogen and oxygen atoms in total. The standard InChI is InChI=1S/C15H18BrClN2O/c1-9(2)14-11(17)7-12-10(15(14)16)8-18-19(12)13-5-3-4-6-20-13/h7-9,13H,3-6H2,1-2H3. The van der Waals surface area contributed by atoms with E-state index in [1.807, 2.05) is 16.9 Å². The van der Waals surface area contributed by atoms with Crippen LogP contribution in [0.25, 0.3) is 10.9 Å². The minimum Gasteiger partial charge on any atom is -0.356 e. The van der Waals surface area contributed by atoms with E-state index in [2.05, 4.69) is 34.9 Å². The Kier molecular flexibility index (Phi) is 4.07. The third-order valence-corrected chi connectivity index (χ3v) is 5.00. The Labute approximate surface area is 132 Å². The number of rotatable bonds is 2. The lowest BCUT2D eigenvalue weighted by atomic mass is 10.0. The van der Waals surface area contributed by atoms with Crippen molar-refractivity contribution in [3.63, 3.8) is 0 Å². The summed E-state index contributed by atoms with van der Waals surface area (Å²) in [7, 11) is 0. The van der Waals surface area contributed by atoms with Crippen molar-refractivity contribution >= 4 is 38.4 Å². The number of ether oxygens (including phenoxy) is 1. The second-order valence-corrected chi connectivity index (χ2v) is 6.78. The second-order valence-electron chi connectivity index (χ2n) is 5.58. The van der Waals surface area contributed by atoms with Crippen LogP contribution >= 0.6 is 27.5 Å². The summed E-state index contributed by atoms with van der Waals surface area (Å²) in [6.45, 7) is 5.10. The van der Waals surface area contributed by atoms with E-state index < -0.39 is 0 Å². The third-order valence-electron chi connectivity index (χ3n) is 3.83. The normalized spacial score (nSPS) is 19.9. The average molecular weight is 358 g/mol. The highest BCUT2D eigenvalue weighted by Gasteiger charge is 2.21. The van der Waals surface area contributed by atoms with Crippen LogP contribution in [0.5, 0.6) is 0 Å².